The van der Waals surface area contributed by atoms with E-state index in [1.807, 2.05) is 10.9 Å². The second-order valence-electron chi connectivity index (χ2n) is 8.17. The molecule has 2 aromatic rings. The molecule has 1 fully saturated rings. The largest absolute Gasteiger partial charge is 0.365 e. The monoisotopic (exact) mass is 385 g/mol. The summed E-state index contributed by atoms with van der Waals surface area (Å²) in [6, 6.07) is 1.79. The van der Waals surface area contributed by atoms with Crippen LogP contribution in [-0.4, -0.2) is 53.5 Å². The van der Waals surface area contributed by atoms with Crippen LogP contribution in [0, 0.1) is 0 Å². The van der Waals surface area contributed by atoms with Crippen molar-refractivity contribution in [1.29, 1.82) is 0 Å². The third kappa shape index (κ3) is 4.27. The van der Waals surface area contributed by atoms with Gasteiger partial charge in [0.2, 0.25) is 0 Å². The Labute approximate surface area is 165 Å². The molecule has 28 heavy (non-hydrogen) atoms. The van der Waals surface area contributed by atoms with E-state index >= 15 is 0 Å². The van der Waals surface area contributed by atoms with Crippen LogP contribution in [-0.2, 0) is 5.54 Å². The van der Waals surface area contributed by atoms with Gasteiger partial charge in [0, 0.05) is 18.3 Å². The van der Waals surface area contributed by atoms with E-state index < -0.39 is 5.67 Å². The molecule has 0 spiro atoms. The number of aromatic nitrogens is 3. The Morgan fingerprint density at radius 1 is 1.36 bits per heavy atom. The minimum absolute atomic E-state index is 0.136. The standard InChI is InChI=1S/C20H28FN7/c1-19(2,3)28-11-14(10-26-28)15-9-16(22-4)17(23-5)18(27-15)25-13-20(21)7-6-8-24-12-20/h9-11,24H,4-8,12-13H2,1-3H3,(H,25,27). The summed E-state index contributed by atoms with van der Waals surface area (Å²) in [5, 5.41) is 10.7. The van der Waals surface area contributed by atoms with Crippen molar-refractivity contribution >= 4 is 30.6 Å². The van der Waals surface area contributed by atoms with Crippen molar-refractivity contribution in [2.75, 3.05) is 25.0 Å². The van der Waals surface area contributed by atoms with Crippen LogP contribution in [0.15, 0.2) is 28.4 Å². The number of rotatable bonds is 6. The topological polar surface area (TPSA) is 79.5 Å². The Bertz CT molecular complexity index is 860. The lowest BCUT2D eigenvalue weighted by atomic mass is 9.96. The Hall–Kier alpha value is -2.61. The Morgan fingerprint density at radius 3 is 2.71 bits per heavy atom. The minimum Gasteiger partial charge on any atom is -0.365 e. The highest BCUT2D eigenvalue weighted by molar-refractivity contribution is 5.82. The molecule has 1 saturated heterocycles. The Morgan fingerprint density at radius 2 is 2.14 bits per heavy atom. The van der Waals surface area contributed by atoms with Crippen LogP contribution in [0.2, 0.25) is 0 Å². The molecule has 8 heteroatoms. The fourth-order valence-electron chi connectivity index (χ4n) is 3.22. The fraction of sp³-hybridized carbons (Fsp3) is 0.500. The van der Waals surface area contributed by atoms with E-state index in [2.05, 4.69) is 64.9 Å². The summed E-state index contributed by atoms with van der Waals surface area (Å²) in [6.45, 7) is 14.8. The van der Waals surface area contributed by atoms with Crippen molar-refractivity contribution < 1.29 is 4.39 Å². The number of piperidine rings is 1. The summed E-state index contributed by atoms with van der Waals surface area (Å²) in [4.78, 5) is 12.8. The van der Waals surface area contributed by atoms with E-state index in [0.717, 1.165) is 18.5 Å². The van der Waals surface area contributed by atoms with Gasteiger partial charge >= 0.3 is 0 Å². The summed E-state index contributed by atoms with van der Waals surface area (Å²) < 4.78 is 16.9. The van der Waals surface area contributed by atoms with Crippen LogP contribution in [0.1, 0.15) is 33.6 Å². The molecule has 0 bridgehead atoms. The lowest BCUT2D eigenvalue weighted by molar-refractivity contribution is 0.137. The number of hydrogen-bond acceptors (Lipinski definition) is 6. The second kappa shape index (κ2) is 7.79. The normalized spacial score (nSPS) is 20.0. The molecule has 1 unspecified atom stereocenters. The van der Waals surface area contributed by atoms with E-state index in [4.69, 9.17) is 0 Å². The van der Waals surface area contributed by atoms with Gasteiger partial charge in [-0.1, -0.05) is 0 Å². The summed E-state index contributed by atoms with van der Waals surface area (Å²) in [6.07, 6.45) is 5.01. The van der Waals surface area contributed by atoms with Crippen LogP contribution in [0.3, 0.4) is 0 Å². The molecule has 0 radical (unpaired) electrons. The minimum atomic E-state index is -1.33. The van der Waals surface area contributed by atoms with Gasteiger partial charge in [0.1, 0.15) is 11.4 Å². The van der Waals surface area contributed by atoms with Gasteiger partial charge in [0.25, 0.3) is 0 Å². The zero-order chi connectivity index (χ0) is 20.4. The van der Waals surface area contributed by atoms with Crippen LogP contribution in [0.4, 0.5) is 21.6 Å². The molecule has 0 amide bonds. The molecule has 0 aliphatic carbocycles. The first kappa shape index (κ1) is 20.1. The quantitative estimate of drug-likeness (QED) is 0.740. The molecule has 3 rings (SSSR count). The van der Waals surface area contributed by atoms with E-state index in [0.29, 0.717) is 35.9 Å². The molecule has 1 aliphatic heterocycles. The molecule has 2 N–H and O–H groups in total. The number of halogens is 1. The number of pyridine rings is 1. The first-order valence-electron chi connectivity index (χ1n) is 9.43. The van der Waals surface area contributed by atoms with E-state index in [1.54, 1.807) is 12.3 Å². The molecule has 1 aliphatic rings. The maximum Gasteiger partial charge on any atom is 0.154 e. The lowest BCUT2D eigenvalue weighted by Gasteiger charge is -2.30. The number of nitrogens with zero attached hydrogens (tertiary/aromatic N) is 5. The van der Waals surface area contributed by atoms with E-state index in [1.165, 1.54) is 0 Å². The summed E-state index contributed by atoms with van der Waals surface area (Å²) in [5.74, 6) is 0.445. The maximum absolute atomic E-state index is 15.0. The van der Waals surface area contributed by atoms with Gasteiger partial charge in [-0.2, -0.15) is 5.10 Å². The average Bonchev–Trinajstić information content (AvgIpc) is 3.17. The molecular formula is C20H28FN7. The first-order chi connectivity index (χ1) is 13.3. The number of hydrogen-bond donors (Lipinski definition) is 2. The molecule has 150 valence electrons. The third-order valence-electron chi connectivity index (χ3n) is 4.86. The van der Waals surface area contributed by atoms with Crippen molar-refractivity contribution in [3.63, 3.8) is 0 Å². The van der Waals surface area contributed by atoms with Crippen LogP contribution in [0.5, 0.6) is 0 Å². The van der Waals surface area contributed by atoms with Crippen molar-refractivity contribution in [2.45, 2.75) is 44.8 Å². The fourth-order valence-corrected chi connectivity index (χ4v) is 3.22. The van der Waals surface area contributed by atoms with Crippen LogP contribution in [0.25, 0.3) is 11.3 Å². The predicted octanol–water partition coefficient (Wildman–Crippen LogP) is 3.87. The molecule has 7 nitrogen and oxygen atoms in total. The zero-order valence-corrected chi connectivity index (χ0v) is 16.8. The second-order valence-corrected chi connectivity index (χ2v) is 8.17. The molecular weight excluding hydrogens is 357 g/mol. The molecule has 0 aromatic carbocycles. The van der Waals surface area contributed by atoms with Gasteiger partial charge in [-0.25, -0.2) is 9.37 Å². The van der Waals surface area contributed by atoms with Crippen molar-refractivity contribution in [3.05, 3.63) is 18.5 Å². The predicted molar refractivity (Wildman–Crippen MR) is 113 cm³/mol. The Balaban J connectivity index is 1.94. The molecule has 2 aromatic heterocycles. The average molecular weight is 385 g/mol. The van der Waals surface area contributed by atoms with Crippen LogP contribution >= 0.6 is 0 Å². The van der Waals surface area contributed by atoms with Gasteiger partial charge in [0.05, 0.1) is 29.7 Å². The first-order valence-corrected chi connectivity index (χ1v) is 9.43. The van der Waals surface area contributed by atoms with Crippen LogP contribution < -0.4 is 10.6 Å². The summed E-state index contributed by atoms with van der Waals surface area (Å²) in [7, 11) is 0. The van der Waals surface area contributed by atoms with Gasteiger partial charge in [0.15, 0.2) is 5.82 Å². The highest BCUT2D eigenvalue weighted by Crippen LogP contribution is 2.38. The highest BCUT2D eigenvalue weighted by atomic mass is 19.1. The molecule has 3 heterocycles. The van der Waals surface area contributed by atoms with Crippen molar-refractivity contribution in [2.24, 2.45) is 9.98 Å². The van der Waals surface area contributed by atoms with Gasteiger partial charge in [-0.15, -0.1) is 0 Å². The number of nitrogens with one attached hydrogen (secondary N) is 2. The van der Waals surface area contributed by atoms with E-state index in [9.17, 15) is 4.39 Å². The Kier molecular flexibility index (Phi) is 5.60. The SMILES string of the molecule is C=Nc1cc(-c2cnn(C(C)(C)C)c2)nc(NCC2(F)CCCNC2)c1N=C. The number of alkyl halides is 1. The summed E-state index contributed by atoms with van der Waals surface area (Å²) >= 11 is 0. The van der Waals surface area contributed by atoms with E-state index in [-0.39, 0.29) is 12.1 Å². The zero-order valence-electron chi connectivity index (χ0n) is 16.8. The number of anilines is 1. The van der Waals surface area contributed by atoms with Crippen molar-refractivity contribution in [3.8, 4) is 11.3 Å². The third-order valence-corrected chi connectivity index (χ3v) is 4.86. The van der Waals surface area contributed by atoms with Gasteiger partial charge in [-0.3, -0.25) is 14.7 Å². The smallest absolute Gasteiger partial charge is 0.154 e. The highest BCUT2D eigenvalue weighted by Gasteiger charge is 2.32. The molecule has 1 atom stereocenters. The molecule has 0 saturated carbocycles. The number of aliphatic imine (C=N–C) groups is 2. The van der Waals surface area contributed by atoms with Gasteiger partial charge < -0.3 is 10.6 Å². The lowest BCUT2D eigenvalue weighted by Crippen LogP contribution is -2.46. The van der Waals surface area contributed by atoms with Gasteiger partial charge in [-0.05, 0) is 59.7 Å². The van der Waals surface area contributed by atoms with Crippen molar-refractivity contribution in [1.82, 2.24) is 20.1 Å². The maximum atomic E-state index is 15.0. The summed E-state index contributed by atoms with van der Waals surface area (Å²) in [5.41, 5.74) is 1.05.